The molecule has 0 aromatic rings. The van der Waals surface area contributed by atoms with E-state index < -0.39 is 0 Å². The quantitative estimate of drug-likeness (QED) is 0.620. The first kappa shape index (κ1) is 13.9. The second-order valence-electron chi connectivity index (χ2n) is 5.02. The number of nitrogens with one attached hydrogen (secondary N) is 1. The Morgan fingerprint density at radius 2 is 2.06 bits per heavy atom. The molecule has 0 amide bonds. The lowest BCUT2D eigenvalue weighted by Crippen LogP contribution is -2.36. The standard InChI is InChI=1S/C13H28N2O/c1-15(10-5-2-6-12-16)11-8-13-7-3-4-9-14-13/h13-14,16H,2-12H2,1H3. The zero-order valence-corrected chi connectivity index (χ0v) is 10.7. The largest absolute Gasteiger partial charge is 0.396 e. The number of nitrogens with zero attached hydrogens (tertiary/aromatic N) is 1. The van der Waals surface area contributed by atoms with Crippen LogP contribution in [0.25, 0.3) is 0 Å². The van der Waals surface area contributed by atoms with Crippen LogP contribution in [-0.4, -0.2) is 49.3 Å². The van der Waals surface area contributed by atoms with Crippen molar-refractivity contribution in [3.05, 3.63) is 0 Å². The van der Waals surface area contributed by atoms with Gasteiger partial charge in [-0.2, -0.15) is 0 Å². The Bertz CT molecular complexity index is 158. The molecule has 0 radical (unpaired) electrons. The van der Waals surface area contributed by atoms with Crippen LogP contribution in [-0.2, 0) is 0 Å². The summed E-state index contributed by atoms with van der Waals surface area (Å²) in [5.41, 5.74) is 0. The van der Waals surface area contributed by atoms with Crippen LogP contribution in [0.2, 0.25) is 0 Å². The van der Waals surface area contributed by atoms with Crippen LogP contribution >= 0.6 is 0 Å². The van der Waals surface area contributed by atoms with Crippen LogP contribution < -0.4 is 5.32 Å². The number of piperidine rings is 1. The Morgan fingerprint density at radius 3 is 2.75 bits per heavy atom. The second-order valence-corrected chi connectivity index (χ2v) is 5.02. The van der Waals surface area contributed by atoms with E-state index in [1.54, 1.807) is 0 Å². The summed E-state index contributed by atoms with van der Waals surface area (Å²) >= 11 is 0. The fraction of sp³-hybridized carbons (Fsp3) is 1.00. The number of hydrogen-bond acceptors (Lipinski definition) is 3. The first-order valence-corrected chi connectivity index (χ1v) is 6.85. The summed E-state index contributed by atoms with van der Waals surface area (Å²) in [7, 11) is 2.21. The highest BCUT2D eigenvalue weighted by Crippen LogP contribution is 2.10. The Labute approximate surface area is 100 Å². The topological polar surface area (TPSA) is 35.5 Å². The van der Waals surface area contributed by atoms with Crippen LogP contribution in [0.3, 0.4) is 0 Å². The summed E-state index contributed by atoms with van der Waals surface area (Å²) in [6.07, 6.45) is 8.73. The van der Waals surface area contributed by atoms with Crippen molar-refractivity contribution in [2.75, 3.05) is 33.3 Å². The van der Waals surface area contributed by atoms with Crippen molar-refractivity contribution in [1.29, 1.82) is 0 Å². The van der Waals surface area contributed by atoms with Crippen molar-refractivity contribution in [3.8, 4) is 0 Å². The molecular formula is C13H28N2O. The highest BCUT2D eigenvalue weighted by molar-refractivity contribution is 4.73. The smallest absolute Gasteiger partial charge is 0.0431 e. The number of aliphatic hydroxyl groups excluding tert-OH is 1. The molecule has 0 aromatic carbocycles. The van der Waals surface area contributed by atoms with Crippen LogP contribution in [0.1, 0.15) is 44.9 Å². The predicted octanol–water partition coefficient (Wildman–Crippen LogP) is 1.61. The maximum Gasteiger partial charge on any atom is 0.0431 e. The van der Waals surface area contributed by atoms with Gasteiger partial charge >= 0.3 is 0 Å². The molecule has 1 atom stereocenters. The van der Waals surface area contributed by atoms with Crippen molar-refractivity contribution < 1.29 is 5.11 Å². The average Bonchev–Trinajstić information content (AvgIpc) is 2.33. The highest BCUT2D eigenvalue weighted by atomic mass is 16.2. The van der Waals surface area contributed by atoms with E-state index in [0.717, 1.165) is 18.9 Å². The zero-order chi connectivity index (χ0) is 11.6. The number of rotatable bonds is 8. The molecular weight excluding hydrogens is 200 g/mol. The molecule has 0 spiro atoms. The molecule has 0 aromatic heterocycles. The normalized spacial score (nSPS) is 21.6. The second kappa shape index (κ2) is 8.97. The fourth-order valence-corrected chi connectivity index (χ4v) is 2.33. The molecule has 0 aliphatic carbocycles. The molecule has 1 aliphatic heterocycles. The van der Waals surface area contributed by atoms with Crippen molar-refractivity contribution in [2.24, 2.45) is 0 Å². The van der Waals surface area contributed by atoms with Crippen molar-refractivity contribution in [3.63, 3.8) is 0 Å². The Kier molecular flexibility index (Phi) is 7.81. The van der Waals surface area contributed by atoms with Gasteiger partial charge in [0, 0.05) is 12.6 Å². The molecule has 0 saturated carbocycles. The molecule has 3 nitrogen and oxygen atoms in total. The van der Waals surface area contributed by atoms with Gasteiger partial charge in [-0.1, -0.05) is 6.42 Å². The van der Waals surface area contributed by atoms with Crippen molar-refractivity contribution in [2.45, 2.75) is 51.0 Å². The van der Waals surface area contributed by atoms with E-state index in [2.05, 4.69) is 17.3 Å². The van der Waals surface area contributed by atoms with Gasteiger partial charge in [0.15, 0.2) is 0 Å². The number of hydrogen-bond donors (Lipinski definition) is 2. The molecule has 1 unspecified atom stereocenters. The fourth-order valence-electron chi connectivity index (χ4n) is 2.33. The summed E-state index contributed by atoms with van der Waals surface area (Å²) in [6.45, 7) is 3.93. The van der Waals surface area contributed by atoms with E-state index >= 15 is 0 Å². The molecule has 3 heteroatoms. The van der Waals surface area contributed by atoms with Gasteiger partial charge in [-0.25, -0.2) is 0 Å². The van der Waals surface area contributed by atoms with Gasteiger partial charge in [0.25, 0.3) is 0 Å². The van der Waals surface area contributed by atoms with Crippen LogP contribution in [0, 0.1) is 0 Å². The van der Waals surface area contributed by atoms with E-state index in [1.165, 1.54) is 51.7 Å². The molecule has 96 valence electrons. The van der Waals surface area contributed by atoms with E-state index in [0.29, 0.717) is 6.61 Å². The van der Waals surface area contributed by atoms with Gasteiger partial charge in [0.2, 0.25) is 0 Å². The van der Waals surface area contributed by atoms with Gasteiger partial charge in [-0.3, -0.25) is 0 Å². The third-order valence-electron chi connectivity index (χ3n) is 3.47. The maximum atomic E-state index is 8.68. The van der Waals surface area contributed by atoms with Crippen molar-refractivity contribution >= 4 is 0 Å². The third-order valence-corrected chi connectivity index (χ3v) is 3.47. The molecule has 0 bridgehead atoms. The van der Waals surface area contributed by atoms with E-state index in [1.807, 2.05) is 0 Å². The van der Waals surface area contributed by atoms with Gasteiger partial charge in [0.05, 0.1) is 0 Å². The molecule has 16 heavy (non-hydrogen) atoms. The van der Waals surface area contributed by atoms with E-state index in [9.17, 15) is 0 Å². The number of unbranched alkanes of at least 4 members (excludes halogenated alkanes) is 2. The lowest BCUT2D eigenvalue weighted by Gasteiger charge is -2.25. The summed E-state index contributed by atoms with van der Waals surface area (Å²) in [6, 6.07) is 0.758. The maximum absolute atomic E-state index is 8.68. The highest BCUT2D eigenvalue weighted by Gasteiger charge is 2.12. The monoisotopic (exact) mass is 228 g/mol. The van der Waals surface area contributed by atoms with Crippen molar-refractivity contribution in [1.82, 2.24) is 10.2 Å². The van der Waals surface area contributed by atoms with E-state index in [4.69, 9.17) is 5.11 Å². The summed E-state index contributed by atoms with van der Waals surface area (Å²) in [5, 5.41) is 12.3. The molecule has 1 fully saturated rings. The first-order valence-electron chi connectivity index (χ1n) is 6.85. The SMILES string of the molecule is CN(CCCCCO)CCC1CCCCN1. The third kappa shape index (κ3) is 6.46. The molecule has 1 heterocycles. The Hall–Kier alpha value is -0.120. The van der Waals surface area contributed by atoms with Gasteiger partial charge < -0.3 is 15.3 Å². The Balaban J connectivity index is 1.94. The minimum Gasteiger partial charge on any atom is -0.396 e. The van der Waals surface area contributed by atoms with Gasteiger partial charge in [-0.05, 0) is 65.2 Å². The number of aliphatic hydroxyl groups is 1. The summed E-state index contributed by atoms with van der Waals surface area (Å²) in [5.74, 6) is 0. The molecule has 2 N–H and O–H groups in total. The summed E-state index contributed by atoms with van der Waals surface area (Å²) in [4.78, 5) is 2.42. The average molecular weight is 228 g/mol. The molecule has 1 aliphatic rings. The summed E-state index contributed by atoms with van der Waals surface area (Å²) < 4.78 is 0. The lowest BCUT2D eigenvalue weighted by atomic mass is 10.0. The van der Waals surface area contributed by atoms with Gasteiger partial charge in [0.1, 0.15) is 0 Å². The lowest BCUT2D eigenvalue weighted by molar-refractivity contribution is 0.263. The van der Waals surface area contributed by atoms with Crippen LogP contribution in [0.5, 0.6) is 0 Å². The zero-order valence-electron chi connectivity index (χ0n) is 10.7. The minimum absolute atomic E-state index is 0.343. The molecule has 1 rings (SSSR count). The van der Waals surface area contributed by atoms with Crippen LogP contribution in [0.15, 0.2) is 0 Å². The minimum atomic E-state index is 0.343. The molecule has 1 saturated heterocycles. The van der Waals surface area contributed by atoms with Gasteiger partial charge in [-0.15, -0.1) is 0 Å². The Morgan fingerprint density at radius 1 is 1.19 bits per heavy atom. The van der Waals surface area contributed by atoms with Crippen LogP contribution in [0.4, 0.5) is 0 Å². The van der Waals surface area contributed by atoms with E-state index in [-0.39, 0.29) is 0 Å². The predicted molar refractivity (Wildman–Crippen MR) is 68.7 cm³/mol. The first-order chi connectivity index (χ1) is 7.83.